The van der Waals surface area contributed by atoms with E-state index in [0.29, 0.717) is 12.5 Å². The minimum atomic E-state index is -0.797. The number of carbonyl (C=O) groups is 1. The summed E-state index contributed by atoms with van der Waals surface area (Å²) in [5.74, 6) is 0.427. The van der Waals surface area contributed by atoms with Crippen molar-refractivity contribution < 1.29 is 9.90 Å². The molecule has 1 N–H and O–H groups in total. The summed E-state index contributed by atoms with van der Waals surface area (Å²) < 4.78 is 2.05. The predicted molar refractivity (Wildman–Crippen MR) is 84.7 cm³/mol. The van der Waals surface area contributed by atoms with Gasteiger partial charge in [0.2, 0.25) is 0 Å². The monoisotopic (exact) mass is 311 g/mol. The summed E-state index contributed by atoms with van der Waals surface area (Å²) >= 11 is 1.72. The van der Waals surface area contributed by atoms with E-state index < -0.39 is 6.09 Å². The first-order valence-electron chi connectivity index (χ1n) is 7.32. The number of likely N-dealkylation sites (tertiary alicyclic amines) is 1. The number of piperidine rings is 1. The van der Waals surface area contributed by atoms with Crippen molar-refractivity contribution in [1.82, 2.24) is 9.47 Å². The van der Waals surface area contributed by atoms with Gasteiger partial charge in [0, 0.05) is 37.8 Å². The molecule has 6 heteroatoms. The van der Waals surface area contributed by atoms with E-state index in [-0.39, 0.29) is 11.5 Å². The number of nitrogens with zero attached hydrogens (tertiary/aromatic N) is 3. The van der Waals surface area contributed by atoms with Gasteiger partial charge in [0.15, 0.2) is 4.80 Å². The predicted octanol–water partition coefficient (Wildman–Crippen LogP) is 2.89. The van der Waals surface area contributed by atoms with Crippen molar-refractivity contribution in [3.05, 3.63) is 15.9 Å². The van der Waals surface area contributed by atoms with Gasteiger partial charge in [-0.3, -0.25) is 4.99 Å². The second-order valence-electron chi connectivity index (χ2n) is 6.83. The van der Waals surface area contributed by atoms with Crippen LogP contribution in [-0.4, -0.2) is 40.3 Å². The van der Waals surface area contributed by atoms with E-state index in [0.717, 1.165) is 17.6 Å². The number of hydrogen-bond acceptors (Lipinski definition) is 3. The van der Waals surface area contributed by atoms with E-state index in [4.69, 9.17) is 0 Å². The van der Waals surface area contributed by atoms with Crippen LogP contribution in [0, 0.1) is 5.41 Å². The highest BCUT2D eigenvalue weighted by molar-refractivity contribution is 7.09. The van der Waals surface area contributed by atoms with Gasteiger partial charge in [-0.05, 0) is 24.2 Å². The van der Waals surface area contributed by atoms with Gasteiger partial charge >= 0.3 is 6.09 Å². The SMILES string of the molecule is CN=c1sc(C2CCN(C(=O)O)C(C(C)(C)C)C2)cn1C. The van der Waals surface area contributed by atoms with Gasteiger partial charge in [-0.2, -0.15) is 0 Å². The molecule has 1 aliphatic heterocycles. The normalized spacial score (nSPS) is 24.4. The maximum Gasteiger partial charge on any atom is 0.407 e. The van der Waals surface area contributed by atoms with Crippen molar-refractivity contribution in [2.75, 3.05) is 13.6 Å². The Hall–Kier alpha value is -1.30. The van der Waals surface area contributed by atoms with Crippen LogP contribution in [0.25, 0.3) is 0 Å². The van der Waals surface area contributed by atoms with Gasteiger partial charge in [0.25, 0.3) is 0 Å². The number of aromatic nitrogens is 1. The molecule has 1 aromatic rings. The maximum absolute atomic E-state index is 11.5. The van der Waals surface area contributed by atoms with E-state index in [1.807, 2.05) is 7.05 Å². The lowest BCUT2D eigenvalue weighted by Crippen LogP contribution is -2.51. The summed E-state index contributed by atoms with van der Waals surface area (Å²) in [5, 5.41) is 9.42. The Bertz CT molecular complexity index is 582. The molecule has 1 fully saturated rings. The largest absolute Gasteiger partial charge is 0.465 e. The molecule has 1 amide bonds. The van der Waals surface area contributed by atoms with Crippen LogP contribution < -0.4 is 4.80 Å². The Morgan fingerprint density at radius 2 is 2.14 bits per heavy atom. The zero-order valence-electron chi connectivity index (χ0n) is 13.5. The molecule has 5 nitrogen and oxygen atoms in total. The lowest BCUT2D eigenvalue weighted by molar-refractivity contribution is 0.0529. The molecule has 2 heterocycles. The fourth-order valence-electron chi connectivity index (χ4n) is 3.12. The molecule has 2 rings (SSSR count). The minimum absolute atomic E-state index is 0.0472. The fraction of sp³-hybridized carbons (Fsp3) is 0.733. The maximum atomic E-state index is 11.5. The zero-order valence-corrected chi connectivity index (χ0v) is 14.3. The molecule has 118 valence electrons. The molecule has 1 aromatic heterocycles. The first kappa shape index (κ1) is 16.1. The number of aryl methyl sites for hydroxylation is 1. The lowest BCUT2D eigenvalue weighted by Gasteiger charge is -2.44. The van der Waals surface area contributed by atoms with E-state index >= 15 is 0 Å². The molecule has 0 aromatic carbocycles. The van der Waals surface area contributed by atoms with Crippen molar-refractivity contribution in [2.45, 2.75) is 45.6 Å². The van der Waals surface area contributed by atoms with Crippen LogP contribution in [0.2, 0.25) is 0 Å². The third-order valence-electron chi connectivity index (χ3n) is 4.27. The zero-order chi connectivity index (χ0) is 15.8. The number of rotatable bonds is 1. The van der Waals surface area contributed by atoms with Crippen molar-refractivity contribution >= 4 is 17.4 Å². The number of amides is 1. The topological polar surface area (TPSA) is 57.8 Å². The second kappa shape index (κ2) is 5.83. The Morgan fingerprint density at radius 1 is 1.48 bits per heavy atom. The molecule has 0 bridgehead atoms. The molecular weight excluding hydrogens is 286 g/mol. The summed E-state index contributed by atoms with van der Waals surface area (Å²) in [6.07, 6.45) is 3.13. The van der Waals surface area contributed by atoms with Crippen molar-refractivity contribution in [3.63, 3.8) is 0 Å². The molecule has 1 saturated heterocycles. The fourth-order valence-corrected chi connectivity index (χ4v) is 4.21. The highest BCUT2D eigenvalue weighted by Gasteiger charge is 2.39. The van der Waals surface area contributed by atoms with E-state index in [2.05, 4.69) is 36.5 Å². The highest BCUT2D eigenvalue weighted by atomic mass is 32.1. The standard InChI is InChI=1S/C15H25N3O2S/c1-15(2,3)12-8-10(6-7-18(12)14(19)20)11-9-17(5)13(16-4)21-11/h9-10,12H,6-8H2,1-5H3,(H,19,20). The summed E-state index contributed by atoms with van der Waals surface area (Å²) in [4.78, 5) is 19.7. The van der Waals surface area contributed by atoms with E-state index in [1.54, 1.807) is 23.3 Å². The van der Waals surface area contributed by atoms with Gasteiger partial charge in [-0.25, -0.2) is 4.79 Å². The Labute approximate surface area is 129 Å². The van der Waals surface area contributed by atoms with E-state index in [1.165, 1.54) is 4.88 Å². The number of hydrogen-bond donors (Lipinski definition) is 1. The van der Waals surface area contributed by atoms with Crippen LogP contribution >= 0.6 is 11.3 Å². The second-order valence-corrected chi connectivity index (χ2v) is 7.87. The molecule has 21 heavy (non-hydrogen) atoms. The van der Waals surface area contributed by atoms with Gasteiger partial charge in [-0.1, -0.05) is 20.8 Å². The molecule has 0 saturated carbocycles. The van der Waals surface area contributed by atoms with Crippen molar-refractivity contribution in [1.29, 1.82) is 0 Å². The summed E-state index contributed by atoms with van der Waals surface area (Å²) in [6, 6.07) is 0.0585. The molecule has 2 atom stereocenters. The minimum Gasteiger partial charge on any atom is -0.465 e. The summed E-state index contributed by atoms with van der Waals surface area (Å²) in [6.45, 7) is 6.98. The third-order valence-corrected chi connectivity index (χ3v) is 5.60. The van der Waals surface area contributed by atoms with Gasteiger partial charge < -0.3 is 14.6 Å². The van der Waals surface area contributed by atoms with Crippen molar-refractivity contribution in [2.24, 2.45) is 17.5 Å². The molecule has 0 spiro atoms. The van der Waals surface area contributed by atoms with Gasteiger partial charge in [-0.15, -0.1) is 11.3 Å². The Morgan fingerprint density at radius 3 is 2.62 bits per heavy atom. The smallest absolute Gasteiger partial charge is 0.407 e. The Balaban J connectivity index is 2.27. The average molecular weight is 311 g/mol. The molecular formula is C15H25N3O2S. The molecule has 2 unspecified atom stereocenters. The number of thiazole rings is 1. The lowest BCUT2D eigenvalue weighted by atomic mass is 9.77. The van der Waals surface area contributed by atoms with Crippen LogP contribution in [0.5, 0.6) is 0 Å². The van der Waals surface area contributed by atoms with Gasteiger partial charge in [0.05, 0.1) is 0 Å². The first-order chi connectivity index (χ1) is 9.74. The summed E-state index contributed by atoms with van der Waals surface area (Å²) in [7, 11) is 3.82. The van der Waals surface area contributed by atoms with Crippen LogP contribution in [0.3, 0.4) is 0 Å². The molecule has 0 radical (unpaired) electrons. The quantitative estimate of drug-likeness (QED) is 0.867. The van der Waals surface area contributed by atoms with Crippen molar-refractivity contribution in [3.8, 4) is 0 Å². The average Bonchev–Trinajstić information content (AvgIpc) is 2.78. The van der Waals surface area contributed by atoms with Crippen LogP contribution in [0.15, 0.2) is 11.2 Å². The van der Waals surface area contributed by atoms with Crippen LogP contribution in [0.1, 0.15) is 44.4 Å². The Kier molecular flexibility index (Phi) is 4.46. The van der Waals surface area contributed by atoms with Gasteiger partial charge in [0.1, 0.15) is 0 Å². The number of carboxylic acid groups (broad SMARTS) is 1. The van der Waals surface area contributed by atoms with Crippen LogP contribution in [-0.2, 0) is 7.05 Å². The third kappa shape index (κ3) is 3.31. The molecule has 0 aliphatic carbocycles. The van der Waals surface area contributed by atoms with E-state index in [9.17, 15) is 9.90 Å². The first-order valence-corrected chi connectivity index (χ1v) is 8.14. The summed E-state index contributed by atoms with van der Waals surface area (Å²) in [5.41, 5.74) is -0.0472. The highest BCUT2D eigenvalue weighted by Crippen LogP contribution is 2.39. The van der Waals surface area contributed by atoms with Crippen LogP contribution in [0.4, 0.5) is 4.79 Å². The molecule has 1 aliphatic rings.